The predicted octanol–water partition coefficient (Wildman–Crippen LogP) is 1.70. The first kappa shape index (κ1) is 15.6. The summed E-state index contributed by atoms with van der Waals surface area (Å²) < 4.78 is 10.9. The smallest absolute Gasteiger partial charge is 0.314 e. The van der Waals surface area contributed by atoms with Crippen molar-refractivity contribution in [2.75, 3.05) is 25.1 Å². The molecule has 0 fully saturated rings. The number of fused-ring (bicyclic) bond motifs is 1. The lowest BCUT2D eigenvalue weighted by Gasteiger charge is -2.06. The van der Waals surface area contributed by atoms with Crippen molar-refractivity contribution in [3.8, 4) is 0 Å². The quantitative estimate of drug-likeness (QED) is 0.760. The zero-order valence-corrected chi connectivity index (χ0v) is 13.2. The second kappa shape index (κ2) is 7.26. The van der Waals surface area contributed by atoms with Crippen LogP contribution in [0.3, 0.4) is 0 Å². The third-order valence-corrected chi connectivity index (χ3v) is 4.14. The van der Waals surface area contributed by atoms with Gasteiger partial charge in [-0.2, -0.15) is 0 Å². The van der Waals surface area contributed by atoms with Crippen LogP contribution in [0.25, 0.3) is 10.9 Å². The standard InChI is InChI=1S/C15H21N3O2S/c1-11-4-3-5-13-12(10-18-14(11)13)6-7-16-15(19)17-8-9-21(2)20/h3-5,10,18H,6-9H2,1-2H3,(H2,16,17,19). The van der Waals surface area contributed by atoms with Crippen LogP contribution < -0.4 is 10.6 Å². The number of urea groups is 1. The molecule has 5 nitrogen and oxygen atoms in total. The van der Waals surface area contributed by atoms with E-state index in [2.05, 4.69) is 34.7 Å². The zero-order chi connectivity index (χ0) is 15.2. The van der Waals surface area contributed by atoms with Crippen LogP contribution in [0.4, 0.5) is 4.79 Å². The first-order chi connectivity index (χ1) is 10.1. The van der Waals surface area contributed by atoms with Crippen molar-refractivity contribution in [2.24, 2.45) is 0 Å². The van der Waals surface area contributed by atoms with Crippen LogP contribution in [-0.4, -0.2) is 40.3 Å². The number of para-hydroxylation sites is 1. The molecule has 0 saturated carbocycles. The van der Waals surface area contributed by atoms with Gasteiger partial charge >= 0.3 is 6.03 Å². The molecule has 114 valence electrons. The number of carbonyl (C=O) groups excluding carboxylic acids is 1. The lowest BCUT2D eigenvalue weighted by Crippen LogP contribution is -2.38. The van der Waals surface area contributed by atoms with Crippen LogP contribution in [0.1, 0.15) is 11.1 Å². The molecule has 0 spiro atoms. The number of hydrogen-bond donors (Lipinski definition) is 3. The van der Waals surface area contributed by atoms with E-state index < -0.39 is 10.8 Å². The van der Waals surface area contributed by atoms with Crippen molar-refractivity contribution < 1.29 is 9.00 Å². The monoisotopic (exact) mass is 307 g/mol. The molecule has 1 heterocycles. The molecule has 0 aliphatic heterocycles. The molecule has 2 amide bonds. The van der Waals surface area contributed by atoms with Gasteiger partial charge in [-0.25, -0.2) is 4.79 Å². The number of aryl methyl sites for hydroxylation is 1. The molecule has 1 atom stereocenters. The average molecular weight is 307 g/mol. The Balaban J connectivity index is 1.81. The molecule has 2 aromatic rings. The Kier molecular flexibility index (Phi) is 5.38. The van der Waals surface area contributed by atoms with Crippen molar-refractivity contribution in [2.45, 2.75) is 13.3 Å². The highest BCUT2D eigenvalue weighted by atomic mass is 32.2. The number of aromatic nitrogens is 1. The maximum Gasteiger partial charge on any atom is 0.314 e. The van der Waals surface area contributed by atoms with Gasteiger partial charge in [0.2, 0.25) is 0 Å². The first-order valence-corrected chi connectivity index (χ1v) is 8.68. The van der Waals surface area contributed by atoms with E-state index in [1.165, 1.54) is 16.5 Å². The fraction of sp³-hybridized carbons (Fsp3) is 0.400. The second-order valence-electron chi connectivity index (χ2n) is 5.02. The van der Waals surface area contributed by atoms with E-state index >= 15 is 0 Å². The molecule has 21 heavy (non-hydrogen) atoms. The minimum Gasteiger partial charge on any atom is -0.361 e. The highest BCUT2D eigenvalue weighted by Crippen LogP contribution is 2.21. The predicted molar refractivity (Wildman–Crippen MR) is 87.1 cm³/mol. The summed E-state index contributed by atoms with van der Waals surface area (Å²) in [6, 6.07) is 5.99. The molecular formula is C15H21N3O2S. The van der Waals surface area contributed by atoms with Gasteiger partial charge in [0.05, 0.1) is 0 Å². The maximum atomic E-state index is 11.5. The minimum absolute atomic E-state index is 0.212. The van der Waals surface area contributed by atoms with E-state index in [-0.39, 0.29) is 6.03 Å². The van der Waals surface area contributed by atoms with Gasteiger partial charge < -0.3 is 15.6 Å². The number of benzene rings is 1. The number of aromatic amines is 1. The molecule has 0 radical (unpaired) electrons. The van der Waals surface area contributed by atoms with Crippen molar-refractivity contribution >= 4 is 27.7 Å². The summed E-state index contributed by atoms with van der Waals surface area (Å²) in [4.78, 5) is 14.8. The van der Waals surface area contributed by atoms with E-state index in [1.807, 2.05) is 12.3 Å². The van der Waals surface area contributed by atoms with Crippen molar-refractivity contribution in [1.82, 2.24) is 15.6 Å². The fourth-order valence-electron chi connectivity index (χ4n) is 2.25. The number of carbonyl (C=O) groups is 1. The summed E-state index contributed by atoms with van der Waals surface area (Å²) in [5, 5.41) is 6.71. The molecule has 1 aromatic heterocycles. The second-order valence-corrected chi connectivity index (χ2v) is 6.58. The van der Waals surface area contributed by atoms with E-state index in [4.69, 9.17) is 0 Å². The summed E-state index contributed by atoms with van der Waals surface area (Å²) in [6.45, 7) is 3.08. The highest BCUT2D eigenvalue weighted by molar-refractivity contribution is 7.84. The van der Waals surface area contributed by atoms with Gasteiger partial charge in [0.15, 0.2) is 0 Å². The van der Waals surface area contributed by atoms with E-state index in [0.717, 1.165) is 11.9 Å². The number of H-pyrrole nitrogens is 1. The fourth-order valence-corrected chi connectivity index (χ4v) is 2.64. The molecule has 0 bridgehead atoms. The maximum absolute atomic E-state index is 11.5. The minimum atomic E-state index is -0.877. The Morgan fingerprint density at radius 3 is 2.81 bits per heavy atom. The topological polar surface area (TPSA) is 74.0 Å². The van der Waals surface area contributed by atoms with Crippen LogP contribution in [-0.2, 0) is 17.2 Å². The molecule has 0 saturated heterocycles. The van der Waals surface area contributed by atoms with Gasteiger partial charge in [-0.1, -0.05) is 18.2 Å². The van der Waals surface area contributed by atoms with Gasteiger partial charge in [-0.15, -0.1) is 0 Å². The Morgan fingerprint density at radius 1 is 1.29 bits per heavy atom. The van der Waals surface area contributed by atoms with Crippen molar-refractivity contribution in [1.29, 1.82) is 0 Å². The SMILES string of the molecule is Cc1cccc2c(CCNC(=O)NCCS(C)=O)c[nH]c12. The molecule has 3 N–H and O–H groups in total. The van der Waals surface area contributed by atoms with Crippen LogP contribution in [0.2, 0.25) is 0 Å². The molecular weight excluding hydrogens is 286 g/mol. The molecule has 0 aliphatic rings. The molecule has 1 unspecified atom stereocenters. The van der Waals surface area contributed by atoms with Crippen LogP contribution in [0, 0.1) is 6.92 Å². The normalized spacial score (nSPS) is 12.3. The number of hydrogen-bond acceptors (Lipinski definition) is 2. The Hall–Kier alpha value is -1.82. The molecule has 1 aromatic carbocycles. The van der Waals surface area contributed by atoms with Crippen LogP contribution in [0.5, 0.6) is 0 Å². The molecule has 6 heteroatoms. The lowest BCUT2D eigenvalue weighted by atomic mass is 10.1. The summed E-state index contributed by atoms with van der Waals surface area (Å²) in [6.07, 6.45) is 4.40. The van der Waals surface area contributed by atoms with Gasteiger partial charge in [0, 0.05) is 53.0 Å². The number of amides is 2. The van der Waals surface area contributed by atoms with Gasteiger partial charge in [0.1, 0.15) is 0 Å². The highest BCUT2D eigenvalue weighted by Gasteiger charge is 2.06. The van der Waals surface area contributed by atoms with Gasteiger partial charge in [-0.3, -0.25) is 4.21 Å². The van der Waals surface area contributed by atoms with Crippen molar-refractivity contribution in [3.05, 3.63) is 35.5 Å². The van der Waals surface area contributed by atoms with E-state index in [9.17, 15) is 9.00 Å². The first-order valence-electron chi connectivity index (χ1n) is 6.95. The third-order valence-electron chi connectivity index (χ3n) is 3.36. The lowest BCUT2D eigenvalue weighted by molar-refractivity contribution is 0.241. The third kappa shape index (κ3) is 4.32. The van der Waals surface area contributed by atoms with E-state index in [1.54, 1.807) is 6.26 Å². The number of nitrogens with one attached hydrogen (secondary N) is 3. The number of rotatable bonds is 6. The Morgan fingerprint density at radius 2 is 2.05 bits per heavy atom. The Bertz CT molecular complexity index is 651. The van der Waals surface area contributed by atoms with Gasteiger partial charge in [-0.05, 0) is 24.5 Å². The summed E-state index contributed by atoms with van der Waals surface area (Å²) in [7, 11) is -0.877. The van der Waals surface area contributed by atoms with Crippen LogP contribution >= 0.6 is 0 Å². The largest absolute Gasteiger partial charge is 0.361 e. The molecule has 0 aliphatic carbocycles. The van der Waals surface area contributed by atoms with Crippen molar-refractivity contribution in [3.63, 3.8) is 0 Å². The average Bonchev–Trinajstić information content (AvgIpc) is 2.83. The summed E-state index contributed by atoms with van der Waals surface area (Å²) in [5.41, 5.74) is 3.57. The molecule has 2 rings (SSSR count). The summed E-state index contributed by atoms with van der Waals surface area (Å²) in [5.74, 6) is 0.481. The summed E-state index contributed by atoms with van der Waals surface area (Å²) >= 11 is 0. The van der Waals surface area contributed by atoms with Crippen LogP contribution in [0.15, 0.2) is 24.4 Å². The van der Waals surface area contributed by atoms with Gasteiger partial charge in [0.25, 0.3) is 0 Å². The van der Waals surface area contributed by atoms with E-state index in [0.29, 0.717) is 18.8 Å². The Labute approximate surface area is 127 Å². The zero-order valence-electron chi connectivity index (χ0n) is 12.4.